The Balaban J connectivity index is 0.992. The van der Waals surface area contributed by atoms with Gasteiger partial charge in [-0.25, -0.2) is 4.85 Å². The fourth-order valence-electron chi connectivity index (χ4n) is 11.8. The molecule has 4 aromatic heterocycles. The minimum atomic E-state index is 0.418. The Kier molecular flexibility index (Phi) is 8.65. The average Bonchev–Trinajstić information content (AvgIpc) is 4.20. The van der Waals surface area contributed by atoms with E-state index in [0.29, 0.717) is 22.6 Å². The summed E-state index contributed by atoms with van der Waals surface area (Å²) >= 11 is 0. The van der Waals surface area contributed by atoms with Crippen molar-refractivity contribution in [1.82, 2.24) is 13.7 Å². The molecule has 4 heterocycles. The number of hydrogen-bond donors (Lipinski definition) is 0. The maximum Gasteiger partial charge on any atom is 0.212 e. The Morgan fingerprint density at radius 2 is 0.973 bits per heavy atom. The van der Waals surface area contributed by atoms with Crippen LogP contribution in [-0.4, -0.2) is 13.7 Å². The first-order valence-corrected chi connectivity index (χ1v) is 24.3. The van der Waals surface area contributed by atoms with E-state index < -0.39 is 0 Å². The third-order valence-electron chi connectivity index (χ3n) is 14.8. The summed E-state index contributed by atoms with van der Waals surface area (Å²) in [5, 5.41) is 22.1. The third-order valence-corrected chi connectivity index (χ3v) is 14.8. The Morgan fingerprint density at radius 3 is 1.68 bits per heavy atom. The molecule has 0 aliphatic rings. The quantitative estimate of drug-likeness (QED) is 0.156. The van der Waals surface area contributed by atoms with Crippen molar-refractivity contribution in [2.75, 3.05) is 4.90 Å². The maximum absolute atomic E-state index is 11.4. The van der Waals surface area contributed by atoms with Crippen LogP contribution in [0.3, 0.4) is 0 Å². The molecular formula is C66H38N6O. The molecule has 338 valence electrons. The molecule has 0 spiro atoms. The van der Waals surface area contributed by atoms with E-state index in [-0.39, 0.29) is 0 Å². The topological polar surface area (TPSA) is 59.3 Å². The molecule has 0 radical (unpaired) electrons. The predicted molar refractivity (Wildman–Crippen MR) is 300 cm³/mol. The van der Waals surface area contributed by atoms with E-state index in [2.05, 4.69) is 218 Å². The lowest BCUT2D eigenvalue weighted by Crippen LogP contribution is -2.09. The van der Waals surface area contributed by atoms with Gasteiger partial charge in [0, 0.05) is 60.5 Å². The second-order valence-electron chi connectivity index (χ2n) is 18.6. The number of fused-ring (bicyclic) bond motifs is 15. The first-order valence-electron chi connectivity index (χ1n) is 24.3. The number of nitrogens with zero attached hydrogens (tertiary/aromatic N) is 6. The van der Waals surface area contributed by atoms with Gasteiger partial charge in [0.2, 0.25) is 5.69 Å². The lowest BCUT2D eigenvalue weighted by Gasteiger charge is -2.25. The number of rotatable bonds is 6. The van der Waals surface area contributed by atoms with Gasteiger partial charge in [0.25, 0.3) is 0 Å². The molecule has 73 heavy (non-hydrogen) atoms. The number of aromatic nitrogens is 3. The highest BCUT2D eigenvalue weighted by Crippen LogP contribution is 2.47. The monoisotopic (exact) mass is 930 g/mol. The van der Waals surface area contributed by atoms with Gasteiger partial charge in [0.15, 0.2) is 0 Å². The van der Waals surface area contributed by atoms with Gasteiger partial charge in [-0.05, 0) is 120 Å². The zero-order chi connectivity index (χ0) is 48.3. The molecule has 0 fully saturated rings. The van der Waals surface area contributed by atoms with Crippen molar-refractivity contribution in [3.63, 3.8) is 0 Å². The molecule has 0 saturated carbocycles. The highest BCUT2D eigenvalue weighted by molar-refractivity contribution is 6.25. The SMILES string of the molecule is [C-]#[N+]c1cc(-n2c3ccc(-n4c5ccccc5c5ccccc54)cc3c3c4oc5ccccc5c4ccc32)c(C#N)cc1-n1c2ccc(N(c3ccccc3)c3ccccc3)cc2c2c3ccccc3ccc21. The van der Waals surface area contributed by atoms with Crippen LogP contribution in [0, 0.1) is 17.9 Å². The van der Waals surface area contributed by atoms with Crippen molar-refractivity contribution in [2.24, 2.45) is 0 Å². The molecule has 0 aliphatic heterocycles. The standard InChI is InChI=1S/C66H38N6O/c1-68-54-39-61(71-58-34-30-46(70-55-25-13-10-22-48(55)49-23-11-14-26-56(49)70)38-53(58)65-60(71)35-31-51-50-24-12-15-27-63(50)73-66(51)65)42(40-67)36-62(54)72-57-33-29-45(69(43-17-4-2-5-18-43)44-19-6-3-7-20-44)37-52(57)64-47-21-9-8-16-41(47)28-32-59(64)72/h2-39H. The van der Waals surface area contributed by atoms with Gasteiger partial charge < -0.3 is 23.0 Å². The van der Waals surface area contributed by atoms with E-state index in [1.165, 1.54) is 10.8 Å². The lowest BCUT2D eigenvalue weighted by molar-refractivity contribution is 0.673. The van der Waals surface area contributed by atoms with Gasteiger partial charge >= 0.3 is 0 Å². The van der Waals surface area contributed by atoms with Crippen molar-refractivity contribution < 1.29 is 4.42 Å². The van der Waals surface area contributed by atoms with Crippen LogP contribution in [0.1, 0.15) is 5.56 Å². The molecular weight excluding hydrogens is 893 g/mol. The summed E-state index contributed by atoms with van der Waals surface area (Å²) in [7, 11) is 0. The van der Waals surface area contributed by atoms with Crippen molar-refractivity contribution in [3.8, 4) is 23.1 Å². The Labute approximate surface area is 417 Å². The van der Waals surface area contributed by atoms with Gasteiger partial charge in [0.1, 0.15) is 17.2 Å². The first-order chi connectivity index (χ1) is 36.1. The average molecular weight is 931 g/mol. The van der Waals surface area contributed by atoms with Gasteiger partial charge in [-0.15, -0.1) is 0 Å². The highest BCUT2D eigenvalue weighted by atomic mass is 16.3. The Morgan fingerprint density at radius 1 is 0.411 bits per heavy atom. The van der Waals surface area contributed by atoms with Crippen molar-refractivity contribution >= 4 is 121 Å². The lowest BCUT2D eigenvalue weighted by atomic mass is 10.0. The number of furan rings is 1. The van der Waals surface area contributed by atoms with E-state index in [1.807, 2.05) is 42.5 Å². The molecule has 15 rings (SSSR count). The van der Waals surface area contributed by atoms with Gasteiger partial charge in [-0.2, -0.15) is 5.26 Å². The van der Waals surface area contributed by atoms with E-state index in [1.54, 1.807) is 0 Å². The molecule has 11 aromatic carbocycles. The number of para-hydroxylation sites is 5. The summed E-state index contributed by atoms with van der Waals surface area (Å²) in [6, 6.07) is 82.7. The Hall–Kier alpha value is -10.3. The molecule has 0 amide bonds. The van der Waals surface area contributed by atoms with E-state index >= 15 is 0 Å². The smallest absolute Gasteiger partial charge is 0.212 e. The number of hydrogen-bond acceptors (Lipinski definition) is 3. The fourth-order valence-corrected chi connectivity index (χ4v) is 11.8. The van der Waals surface area contributed by atoms with Crippen LogP contribution in [0.15, 0.2) is 235 Å². The van der Waals surface area contributed by atoms with Crippen LogP contribution in [0.2, 0.25) is 0 Å². The minimum absolute atomic E-state index is 0.418. The molecule has 7 nitrogen and oxygen atoms in total. The molecule has 0 atom stereocenters. The maximum atomic E-state index is 11.4. The number of anilines is 3. The largest absolute Gasteiger partial charge is 0.455 e. The molecule has 7 heteroatoms. The van der Waals surface area contributed by atoms with E-state index in [0.717, 1.165) is 110 Å². The van der Waals surface area contributed by atoms with Crippen LogP contribution >= 0.6 is 0 Å². The fraction of sp³-hybridized carbons (Fsp3) is 0. The second kappa shape index (κ2) is 15.6. The molecule has 0 bridgehead atoms. The highest BCUT2D eigenvalue weighted by Gasteiger charge is 2.25. The Bertz CT molecular complexity index is 4790. The summed E-state index contributed by atoms with van der Waals surface area (Å²) in [6.07, 6.45) is 0. The zero-order valence-electron chi connectivity index (χ0n) is 39.0. The summed E-state index contributed by atoms with van der Waals surface area (Å²) in [5.41, 5.74) is 13.6. The molecule has 0 aliphatic carbocycles. The molecule has 0 unspecified atom stereocenters. The summed E-state index contributed by atoms with van der Waals surface area (Å²) < 4.78 is 13.5. The number of benzene rings is 11. The van der Waals surface area contributed by atoms with Crippen LogP contribution in [0.5, 0.6) is 0 Å². The summed E-state index contributed by atoms with van der Waals surface area (Å²) in [4.78, 5) is 6.57. The summed E-state index contributed by atoms with van der Waals surface area (Å²) in [5.74, 6) is 0. The van der Waals surface area contributed by atoms with Crippen LogP contribution in [0.4, 0.5) is 22.7 Å². The van der Waals surface area contributed by atoms with Crippen LogP contribution in [0.25, 0.3) is 120 Å². The predicted octanol–water partition coefficient (Wildman–Crippen LogP) is 17.9. The van der Waals surface area contributed by atoms with Gasteiger partial charge in [-0.3, -0.25) is 0 Å². The minimum Gasteiger partial charge on any atom is -0.455 e. The number of nitriles is 1. The van der Waals surface area contributed by atoms with E-state index in [9.17, 15) is 5.26 Å². The van der Waals surface area contributed by atoms with Crippen LogP contribution in [-0.2, 0) is 0 Å². The van der Waals surface area contributed by atoms with Crippen molar-refractivity contribution in [3.05, 3.63) is 248 Å². The molecule has 0 N–H and O–H groups in total. The normalized spacial score (nSPS) is 11.8. The van der Waals surface area contributed by atoms with Gasteiger partial charge in [0.05, 0.1) is 62.0 Å². The van der Waals surface area contributed by atoms with Gasteiger partial charge in [-0.1, -0.05) is 121 Å². The molecule has 15 aromatic rings. The summed E-state index contributed by atoms with van der Waals surface area (Å²) in [6.45, 7) is 8.90. The second-order valence-corrected chi connectivity index (χ2v) is 18.6. The van der Waals surface area contributed by atoms with E-state index in [4.69, 9.17) is 11.0 Å². The van der Waals surface area contributed by atoms with Crippen LogP contribution < -0.4 is 4.90 Å². The van der Waals surface area contributed by atoms with Crippen molar-refractivity contribution in [2.45, 2.75) is 0 Å². The third kappa shape index (κ3) is 5.85. The first kappa shape index (κ1) is 40.5. The zero-order valence-corrected chi connectivity index (χ0v) is 39.0. The molecule has 0 saturated heterocycles. The van der Waals surface area contributed by atoms with Crippen molar-refractivity contribution in [1.29, 1.82) is 5.26 Å².